The minimum absolute atomic E-state index is 0.234. The monoisotopic (exact) mass is 554 g/mol. The lowest BCUT2D eigenvalue weighted by Gasteiger charge is -2.39. The molecule has 1 aromatic carbocycles. The molecule has 39 heavy (non-hydrogen) atoms. The lowest BCUT2D eigenvalue weighted by atomic mass is 9.84. The number of nitrogens with zero attached hydrogens (tertiary/aromatic N) is 3. The summed E-state index contributed by atoms with van der Waals surface area (Å²) >= 11 is -1.48. The van der Waals surface area contributed by atoms with Gasteiger partial charge in [-0.1, -0.05) is 19.1 Å². The minimum Gasteiger partial charge on any atom is -0.598 e. The molecule has 6 nitrogen and oxygen atoms in total. The average Bonchev–Trinajstić information content (AvgIpc) is 3.28. The van der Waals surface area contributed by atoms with E-state index >= 15 is 0 Å². The van der Waals surface area contributed by atoms with Gasteiger partial charge in [0.25, 0.3) is 0 Å². The Kier molecular flexibility index (Phi) is 7.83. The second-order valence-electron chi connectivity index (χ2n) is 11.5. The lowest BCUT2D eigenvalue weighted by Crippen LogP contribution is -2.52. The highest BCUT2D eigenvalue weighted by Gasteiger charge is 2.44. The molecule has 9 heteroatoms. The SMILES string of the molecule is CC[C@](N[S+]([O-])C(C)(C)C)(c1ccc(F)c(F)c1)c1ccc(CN2CCC3(CC2)OCc2ccncc23)cn1. The summed E-state index contributed by atoms with van der Waals surface area (Å²) in [6, 6.07) is 9.78. The molecule has 0 radical (unpaired) electrons. The van der Waals surface area contributed by atoms with Crippen molar-refractivity contribution in [2.75, 3.05) is 13.1 Å². The Morgan fingerprint density at radius 1 is 1.08 bits per heavy atom. The van der Waals surface area contributed by atoms with Gasteiger partial charge < -0.3 is 9.29 Å². The van der Waals surface area contributed by atoms with Crippen molar-refractivity contribution in [2.45, 2.75) is 76.0 Å². The molecule has 0 amide bonds. The molecular weight excluding hydrogens is 518 g/mol. The van der Waals surface area contributed by atoms with E-state index in [2.05, 4.69) is 14.6 Å². The van der Waals surface area contributed by atoms with Gasteiger partial charge in [-0.05, 0) is 81.0 Å². The predicted octanol–water partition coefficient (Wildman–Crippen LogP) is 5.48. The summed E-state index contributed by atoms with van der Waals surface area (Å²) in [6.45, 7) is 10.7. The molecule has 208 valence electrons. The van der Waals surface area contributed by atoms with Gasteiger partial charge in [-0.2, -0.15) is 0 Å². The maximum atomic E-state index is 14.3. The number of aromatic nitrogens is 2. The Labute approximate surface area is 232 Å². The van der Waals surface area contributed by atoms with Crippen LogP contribution in [0.4, 0.5) is 8.78 Å². The molecular formula is C30H36F2N4O2S. The topological polar surface area (TPSA) is 73.3 Å². The van der Waals surface area contributed by atoms with E-state index in [1.165, 1.54) is 23.3 Å². The molecule has 2 atom stereocenters. The van der Waals surface area contributed by atoms with Crippen LogP contribution in [-0.2, 0) is 40.4 Å². The molecule has 1 saturated heterocycles. The van der Waals surface area contributed by atoms with E-state index in [0.717, 1.165) is 44.1 Å². The van der Waals surface area contributed by atoms with Crippen molar-refractivity contribution in [3.8, 4) is 0 Å². The number of piperidine rings is 1. The number of hydrogen-bond donors (Lipinski definition) is 1. The van der Waals surface area contributed by atoms with Gasteiger partial charge in [-0.25, -0.2) is 8.78 Å². The molecule has 0 aliphatic carbocycles. The quantitative estimate of drug-likeness (QED) is 0.390. The molecule has 0 bridgehead atoms. The lowest BCUT2D eigenvalue weighted by molar-refractivity contribution is -0.0800. The molecule has 2 aliphatic heterocycles. The molecule has 1 fully saturated rings. The summed E-state index contributed by atoms with van der Waals surface area (Å²) in [4.78, 5) is 11.5. The molecule has 3 aromatic rings. The van der Waals surface area contributed by atoms with Crippen LogP contribution in [0.5, 0.6) is 0 Å². The molecule has 2 aromatic heterocycles. The normalized spacial score (nSPS) is 19.6. The van der Waals surface area contributed by atoms with Crippen LogP contribution in [0.1, 0.15) is 74.9 Å². The van der Waals surface area contributed by atoms with Gasteiger partial charge in [0, 0.05) is 55.2 Å². The Balaban J connectivity index is 1.35. The molecule has 0 saturated carbocycles. The predicted molar refractivity (Wildman–Crippen MR) is 148 cm³/mol. The number of hydrogen-bond acceptors (Lipinski definition) is 6. The third-order valence-electron chi connectivity index (χ3n) is 8.00. The largest absolute Gasteiger partial charge is 0.598 e. The van der Waals surface area contributed by atoms with Gasteiger partial charge in [-0.15, -0.1) is 4.72 Å². The van der Waals surface area contributed by atoms with Gasteiger partial charge in [0.15, 0.2) is 11.6 Å². The van der Waals surface area contributed by atoms with Crippen LogP contribution in [-0.4, -0.2) is 37.3 Å². The summed E-state index contributed by atoms with van der Waals surface area (Å²) in [5.41, 5.74) is 3.32. The summed E-state index contributed by atoms with van der Waals surface area (Å²) < 4.78 is 50.3. The Morgan fingerprint density at radius 2 is 1.85 bits per heavy atom. The van der Waals surface area contributed by atoms with E-state index in [-0.39, 0.29) is 5.60 Å². The zero-order chi connectivity index (χ0) is 27.8. The molecule has 5 rings (SSSR count). The second kappa shape index (κ2) is 10.9. The Bertz CT molecular complexity index is 1310. The number of pyridine rings is 2. The zero-order valence-electron chi connectivity index (χ0n) is 23.0. The van der Waals surface area contributed by atoms with E-state index in [1.54, 1.807) is 0 Å². The summed E-state index contributed by atoms with van der Waals surface area (Å²) in [7, 11) is 0. The molecule has 4 heterocycles. The standard InChI is InChI=1S/C30H36F2N4O2S/c1-5-30(35-39(37)28(2,3)4,23-7-8-25(31)26(32)16-23)27-9-6-21(17-34-27)19-36-14-11-29(12-15-36)24-18-33-13-10-22(24)20-38-29/h6-10,13,16-18,35H,5,11-12,14-15,19-20H2,1-4H3/t30-,39?/m0/s1. The van der Waals surface area contributed by atoms with Crippen molar-refractivity contribution in [1.29, 1.82) is 0 Å². The van der Waals surface area contributed by atoms with Crippen molar-refractivity contribution < 1.29 is 18.1 Å². The number of fused-ring (bicyclic) bond motifs is 2. The number of ether oxygens (including phenoxy) is 1. The number of rotatable bonds is 7. The van der Waals surface area contributed by atoms with E-state index in [9.17, 15) is 13.3 Å². The summed E-state index contributed by atoms with van der Waals surface area (Å²) in [6.07, 6.45) is 7.87. The minimum atomic E-state index is -1.48. The zero-order valence-corrected chi connectivity index (χ0v) is 23.8. The summed E-state index contributed by atoms with van der Waals surface area (Å²) in [5, 5.41) is 0. The van der Waals surface area contributed by atoms with Crippen LogP contribution in [0.3, 0.4) is 0 Å². The number of nitrogens with one attached hydrogen (secondary N) is 1. The molecule has 1 unspecified atom stereocenters. The van der Waals surface area contributed by atoms with E-state index < -0.39 is 33.3 Å². The van der Waals surface area contributed by atoms with Crippen molar-refractivity contribution >= 4 is 11.4 Å². The highest BCUT2D eigenvalue weighted by molar-refractivity contribution is 7.90. The van der Waals surface area contributed by atoms with Crippen LogP contribution in [0.2, 0.25) is 0 Å². The van der Waals surface area contributed by atoms with Gasteiger partial charge in [-0.3, -0.25) is 14.9 Å². The Hall–Kier alpha value is -2.43. The number of benzene rings is 1. The van der Waals surface area contributed by atoms with Gasteiger partial charge >= 0.3 is 0 Å². The van der Waals surface area contributed by atoms with E-state index in [4.69, 9.17) is 9.72 Å². The van der Waals surface area contributed by atoms with Crippen molar-refractivity contribution in [1.82, 2.24) is 19.6 Å². The first-order valence-corrected chi connectivity index (χ1v) is 14.6. The fourth-order valence-corrected chi connectivity index (χ4v) is 6.55. The third-order valence-corrected chi connectivity index (χ3v) is 9.65. The van der Waals surface area contributed by atoms with Crippen LogP contribution in [0.15, 0.2) is 55.0 Å². The van der Waals surface area contributed by atoms with Gasteiger partial charge in [0.05, 0.1) is 17.9 Å². The fourth-order valence-electron chi connectivity index (χ4n) is 5.56. The summed E-state index contributed by atoms with van der Waals surface area (Å²) in [5.74, 6) is -1.87. The van der Waals surface area contributed by atoms with E-state index in [1.807, 2.05) is 64.5 Å². The first kappa shape index (κ1) is 28.1. The highest BCUT2D eigenvalue weighted by Crippen LogP contribution is 2.44. The van der Waals surface area contributed by atoms with Crippen LogP contribution >= 0.6 is 0 Å². The number of likely N-dealkylation sites (tertiary alicyclic amines) is 1. The number of halogens is 2. The maximum Gasteiger partial charge on any atom is 0.159 e. The molecule has 1 N–H and O–H groups in total. The van der Waals surface area contributed by atoms with Crippen LogP contribution < -0.4 is 4.72 Å². The molecule has 1 spiro atoms. The second-order valence-corrected chi connectivity index (χ2v) is 13.5. The first-order chi connectivity index (χ1) is 18.6. The van der Waals surface area contributed by atoms with Gasteiger partial charge in [0.2, 0.25) is 0 Å². The van der Waals surface area contributed by atoms with E-state index in [0.29, 0.717) is 24.3 Å². The van der Waals surface area contributed by atoms with Crippen molar-refractivity contribution in [3.05, 3.63) is 94.6 Å². The fraction of sp³-hybridized carbons (Fsp3) is 0.467. The van der Waals surface area contributed by atoms with Crippen molar-refractivity contribution in [2.24, 2.45) is 0 Å². The average molecular weight is 555 g/mol. The third kappa shape index (κ3) is 5.47. The molecule has 2 aliphatic rings. The van der Waals surface area contributed by atoms with Crippen LogP contribution in [0.25, 0.3) is 0 Å². The van der Waals surface area contributed by atoms with Crippen molar-refractivity contribution in [3.63, 3.8) is 0 Å². The smallest absolute Gasteiger partial charge is 0.159 e. The van der Waals surface area contributed by atoms with Gasteiger partial charge in [0.1, 0.15) is 10.3 Å². The first-order valence-electron chi connectivity index (χ1n) is 13.5. The highest BCUT2D eigenvalue weighted by atomic mass is 32.2. The van der Waals surface area contributed by atoms with Crippen LogP contribution in [0, 0.1) is 11.6 Å². The maximum absolute atomic E-state index is 14.3. The Morgan fingerprint density at radius 3 is 2.49 bits per heavy atom.